The lowest BCUT2D eigenvalue weighted by Crippen LogP contribution is -1.89. The first-order valence-electron chi connectivity index (χ1n) is 4.60. The van der Waals surface area contributed by atoms with Crippen LogP contribution in [0.25, 0.3) is 12.2 Å². The molecule has 0 heterocycles. The van der Waals surface area contributed by atoms with E-state index >= 15 is 0 Å². The van der Waals surface area contributed by atoms with Crippen molar-refractivity contribution in [1.29, 1.82) is 0 Å². The van der Waals surface area contributed by atoms with Gasteiger partial charge in [-0.15, -0.1) is 0 Å². The van der Waals surface area contributed by atoms with Gasteiger partial charge in [-0.3, -0.25) is 0 Å². The van der Waals surface area contributed by atoms with Crippen molar-refractivity contribution in [2.75, 3.05) is 0 Å². The van der Waals surface area contributed by atoms with Gasteiger partial charge >= 0.3 is 11.9 Å². The van der Waals surface area contributed by atoms with Crippen LogP contribution in [0, 0.1) is 5.82 Å². The van der Waals surface area contributed by atoms with Crippen LogP contribution in [0.3, 0.4) is 0 Å². The molecule has 0 saturated carbocycles. The fourth-order valence-corrected chi connectivity index (χ4v) is 1.12. The Hall–Kier alpha value is -2.43. The second-order valence-corrected chi connectivity index (χ2v) is 3.12. The van der Waals surface area contributed by atoms with E-state index in [-0.39, 0.29) is 5.56 Å². The molecule has 0 aromatic heterocycles. The van der Waals surface area contributed by atoms with Gasteiger partial charge in [-0.05, 0) is 29.8 Å². The molecule has 5 heteroatoms. The molecule has 1 rings (SSSR count). The minimum Gasteiger partial charge on any atom is -0.478 e. The summed E-state index contributed by atoms with van der Waals surface area (Å²) < 4.78 is 13.2. The summed E-state index contributed by atoms with van der Waals surface area (Å²) in [6.45, 7) is 0. The molecule has 88 valence electrons. The van der Waals surface area contributed by atoms with E-state index < -0.39 is 17.8 Å². The number of hydrogen-bond donors (Lipinski definition) is 2. The lowest BCUT2D eigenvalue weighted by atomic mass is 10.1. The van der Waals surface area contributed by atoms with Crippen LogP contribution < -0.4 is 0 Å². The van der Waals surface area contributed by atoms with Crippen LogP contribution in [0.4, 0.5) is 4.39 Å². The first kappa shape index (κ1) is 12.6. The Morgan fingerprint density at radius 3 is 2.24 bits per heavy atom. The molecule has 0 spiro atoms. The van der Waals surface area contributed by atoms with Gasteiger partial charge < -0.3 is 10.2 Å². The Bertz CT molecular complexity index is 503. The maximum Gasteiger partial charge on any atom is 0.328 e. The topological polar surface area (TPSA) is 74.6 Å². The Balaban J connectivity index is 3.02. The van der Waals surface area contributed by atoms with Crippen LogP contribution in [0.5, 0.6) is 0 Å². The van der Waals surface area contributed by atoms with Crippen LogP contribution in [-0.4, -0.2) is 22.2 Å². The largest absolute Gasteiger partial charge is 0.478 e. The van der Waals surface area contributed by atoms with Crippen molar-refractivity contribution < 1.29 is 24.2 Å². The van der Waals surface area contributed by atoms with Crippen molar-refractivity contribution >= 4 is 24.1 Å². The third kappa shape index (κ3) is 4.29. The first-order chi connectivity index (χ1) is 7.99. The van der Waals surface area contributed by atoms with Gasteiger partial charge in [0, 0.05) is 17.7 Å². The van der Waals surface area contributed by atoms with Gasteiger partial charge in [0.2, 0.25) is 0 Å². The van der Waals surface area contributed by atoms with Crippen LogP contribution in [0.15, 0.2) is 30.4 Å². The van der Waals surface area contributed by atoms with Crippen LogP contribution in [0.2, 0.25) is 0 Å². The van der Waals surface area contributed by atoms with Crippen molar-refractivity contribution in [2.24, 2.45) is 0 Å². The highest BCUT2D eigenvalue weighted by atomic mass is 19.1. The molecule has 0 aliphatic heterocycles. The number of aliphatic carboxylic acids is 2. The van der Waals surface area contributed by atoms with Crippen LogP contribution >= 0.6 is 0 Å². The lowest BCUT2D eigenvalue weighted by molar-refractivity contribution is -0.132. The summed E-state index contributed by atoms with van der Waals surface area (Å²) in [5, 5.41) is 16.8. The Kier molecular flexibility index (Phi) is 4.16. The van der Waals surface area contributed by atoms with Gasteiger partial charge in [-0.1, -0.05) is 6.07 Å². The molecule has 0 amide bonds. The monoisotopic (exact) mass is 236 g/mol. The summed E-state index contributed by atoms with van der Waals surface area (Å²) in [6.07, 6.45) is 4.12. The maximum atomic E-state index is 13.2. The number of carboxylic acid groups (broad SMARTS) is 2. The SMILES string of the molecule is O=C(O)C=Cc1ccc(F)c(/C=C/C(=O)O)c1. The highest BCUT2D eigenvalue weighted by molar-refractivity contribution is 5.86. The normalized spacial score (nSPS) is 11.1. The third-order valence-electron chi connectivity index (χ3n) is 1.84. The minimum absolute atomic E-state index is 0.0833. The molecular formula is C12H9FO4. The molecular weight excluding hydrogens is 227 g/mol. The molecule has 0 saturated heterocycles. The molecule has 0 aliphatic rings. The van der Waals surface area contributed by atoms with Crippen LogP contribution in [0.1, 0.15) is 11.1 Å². The van der Waals surface area contributed by atoms with Crippen molar-refractivity contribution in [3.05, 3.63) is 47.3 Å². The predicted octanol–water partition coefficient (Wildman–Crippen LogP) is 2.02. The standard InChI is InChI=1S/C12H9FO4/c13-10-4-1-8(2-5-11(14)15)7-9(10)3-6-12(16)17/h1-7H,(H,14,15)(H,16,17)/b5-2?,6-3+. The highest BCUT2D eigenvalue weighted by Crippen LogP contribution is 2.13. The molecule has 0 radical (unpaired) electrons. The number of rotatable bonds is 4. The summed E-state index contributed by atoms with van der Waals surface area (Å²) in [5.74, 6) is -2.87. The van der Waals surface area contributed by atoms with E-state index in [1.807, 2.05) is 0 Å². The average Bonchev–Trinajstić information content (AvgIpc) is 2.26. The average molecular weight is 236 g/mol. The predicted molar refractivity (Wildman–Crippen MR) is 59.7 cm³/mol. The zero-order valence-electron chi connectivity index (χ0n) is 8.63. The van der Waals surface area contributed by atoms with E-state index in [0.717, 1.165) is 24.3 Å². The number of benzene rings is 1. The molecule has 2 N–H and O–H groups in total. The molecule has 0 bridgehead atoms. The van der Waals surface area contributed by atoms with Crippen molar-refractivity contribution in [2.45, 2.75) is 0 Å². The van der Waals surface area contributed by atoms with Crippen LogP contribution in [-0.2, 0) is 9.59 Å². The van der Waals surface area contributed by atoms with E-state index in [1.165, 1.54) is 18.2 Å². The quantitative estimate of drug-likeness (QED) is 0.784. The number of carboxylic acids is 2. The van der Waals surface area contributed by atoms with Gasteiger partial charge in [-0.2, -0.15) is 0 Å². The molecule has 1 aromatic rings. The lowest BCUT2D eigenvalue weighted by Gasteiger charge is -1.98. The van der Waals surface area contributed by atoms with Gasteiger partial charge in [0.15, 0.2) is 0 Å². The summed E-state index contributed by atoms with van der Waals surface area (Å²) >= 11 is 0. The Labute approximate surface area is 96.3 Å². The molecule has 0 atom stereocenters. The molecule has 0 aliphatic carbocycles. The molecule has 0 unspecified atom stereocenters. The summed E-state index contributed by atoms with van der Waals surface area (Å²) in [7, 11) is 0. The van der Waals surface area contributed by atoms with E-state index in [2.05, 4.69) is 0 Å². The highest BCUT2D eigenvalue weighted by Gasteiger charge is 2.00. The van der Waals surface area contributed by atoms with Crippen molar-refractivity contribution in [3.63, 3.8) is 0 Å². The molecule has 17 heavy (non-hydrogen) atoms. The second kappa shape index (κ2) is 5.60. The van der Waals surface area contributed by atoms with Crippen molar-refractivity contribution in [3.8, 4) is 0 Å². The van der Waals surface area contributed by atoms with E-state index in [4.69, 9.17) is 10.2 Å². The number of halogens is 1. The number of carbonyl (C=O) groups is 2. The smallest absolute Gasteiger partial charge is 0.328 e. The molecule has 0 fully saturated rings. The Morgan fingerprint density at radius 2 is 1.65 bits per heavy atom. The van der Waals surface area contributed by atoms with E-state index in [1.54, 1.807) is 0 Å². The molecule has 1 aromatic carbocycles. The summed E-state index contributed by atoms with van der Waals surface area (Å²) in [5.41, 5.74) is 0.554. The van der Waals surface area contributed by atoms with Gasteiger partial charge in [0.1, 0.15) is 5.82 Å². The number of hydrogen-bond acceptors (Lipinski definition) is 2. The third-order valence-corrected chi connectivity index (χ3v) is 1.84. The fourth-order valence-electron chi connectivity index (χ4n) is 1.12. The van der Waals surface area contributed by atoms with Gasteiger partial charge in [-0.25, -0.2) is 14.0 Å². The van der Waals surface area contributed by atoms with E-state index in [0.29, 0.717) is 5.56 Å². The zero-order valence-corrected chi connectivity index (χ0v) is 8.63. The van der Waals surface area contributed by atoms with Crippen molar-refractivity contribution in [1.82, 2.24) is 0 Å². The minimum atomic E-state index is -1.18. The zero-order chi connectivity index (χ0) is 12.8. The maximum absolute atomic E-state index is 13.2. The Morgan fingerprint density at radius 1 is 1.06 bits per heavy atom. The fraction of sp³-hybridized carbons (Fsp3) is 0. The molecule has 4 nitrogen and oxygen atoms in total. The first-order valence-corrected chi connectivity index (χ1v) is 4.60. The summed E-state index contributed by atoms with van der Waals surface area (Å²) in [4.78, 5) is 20.6. The summed E-state index contributed by atoms with van der Waals surface area (Å²) in [6, 6.07) is 3.89. The second-order valence-electron chi connectivity index (χ2n) is 3.12. The van der Waals surface area contributed by atoms with Gasteiger partial charge in [0.25, 0.3) is 0 Å². The van der Waals surface area contributed by atoms with Gasteiger partial charge in [0.05, 0.1) is 0 Å². The van der Waals surface area contributed by atoms with E-state index in [9.17, 15) is 14.0 Å².